The fourth-order valence-corrected chi connectivity index (χ4v) is 1.58. The first-order chi connectivity index (χ1) is 7.02. The molecule has 4 nitrogen and oxygen atoms in total. The summed E-state index contributed by atoms with van der Waals surface area (Å²) in [4.78, 5) is 35.2. The zero-order valence-electron chi connectivity index (χ0n) is 8.40. The summed E-state index contributed by atoms with van der Waals surface area (Å²) in [6.07, 6.45) is 0. The number of hydrogen-bond donors (Lipinski definition) is 0. The van der Waals surface area contributed by atoms with Crippen LogP contribution in [0.1, 0.15) is 38.0 Å². The smallest absolute Gasteiger partial charge is 0.261 e. The highest BCUT2D eigenvalue weighted by atomic mass is 16.2. The van der Waals surface area contributed by atoms with Crippen LogP contribution in [0.5, 0.6) is 0 Å². The fraction of sp³-hybridized carbons (Fsp3) is 0.182. The molecule has 1 aromatic rings. The average molecular weight is 203 g/mol. The highest BCUT2D eigenvalue weighted by Crippen LogP contribution is 2.22. The molecule has 0 bridgehead atoms. The third-order valence-corrected chi connectivity index (χ3v) is 2.50. The van der Waals surface area contributed by atoms with E-state index in [2.05, 4.69) is 0 Å². The summed E-state index contributed by atoms with van der Waals surface area (Å²) in [6, 6.07) is 4.56. The summed E-state index contributed by atoms with van der Waals surface area (Å²) in [5, 5.41) is 0. The molecule has 2 amide bonds. The Balaban J connectivity index is 2.61. The molecule has 0 aliphatic carbocycles. The van der Waals surface area contributed by atoms with E-state index in [4.69, 9.17) is 0 Å². The lowest BCUT2D eigenvalue weighted by atomic mass is 10.0. The molecule has 1 heterocycles. The van der Waals surface area contributed by atoms with Crippen LogP contribution in [0, 0.1) is 0 Å². The van der Waals surface area contributed by atoms with Crippen LogP contribution in [-0.2, 0) is 0 Å². The summed E-state index contributed by atoms with van der Waals surface area (Å²) in [5.74, 6) is -0.782. The van der Waals surface area contributed by atoms with Crippen molar-refractivity contribution in [2.75, 3.05) is 7.05 Å². The number of ketones is 1. The summed E-state index contributed by atoms with van der Waals surface area (Å²) >= 11 is 0. The van der Waals surface area contributed by atoms with Crippen molar-refractivity contribution in [3.63, 3.8) is 0 Å². The van der Waals surface area contributed by atoms with Gasteiger partial charge in [-0.25, -0.2) is 0 Å². The Morgan fingerprint density at radius 1 is 1.13 bits per heavy atom. The minimum absolute atomic E-state index is 0.118. The molecule has 1 aliphatic rings. The van der Waals surface area contributed by atoms with Crippen LogP contribution in [-0.4, -0.2) is 29.5 Å². The molecule has 0 spiro atoms. The molecular weight excluding hydrogens is 194 g/mol. The maximum Gasteiger partial charge on any atom is 0.261 e. The second-order valence-electron chi connectivity index (χ2n) is 3.49. The minimum Gasteiger partial charge on any atom is -0.295 e. The lowest BCUT2D eigenvalue weighted by molar-refractivity contribution is 0.0693. The Kier molecular flexibility index (Phi) is 1.93. The van der Waals surface area contributed by atoms with Crippen LogP contribution < -0.4 is 0 Å². The van der Waals surface area contributed by atoms with Gasteiger partial charge in [0.1, 0.15) is 0 Å². The maximum absolute atomic E-state index is 11.6. The summed E-state index contributed by atoms with van der Waals surface area (Å²) in [6.45, 7) is 1.42. The predicted molar refractivity (Wildman–Crippen MR) is 52.9 cm³/mol. The van der Waals surface area contributed by atoms with Crippen LogP contribution >= 0.6 is 0 Å². The quantitative estimate of drug-likeness (QED) is 0.507. The van der Waals surface area contributed by atoms with E-state index in [0.717, 1.165) is 4.90 Å². The van der Waals surface area contributed by atoms with E-state index in [0.29, 0.717) is 16.7 Å². The third-order valence-electron chi connectivity index (χ3n) is 2.50. The number of carbonyl (C=O) groups is 3. The van der Waals surface area contributed by atoms with Gasteiger partial charge >= 0.3 is 0 Å². The molecule has 0 unspecified atom stereocenters. The van der Waals surface area contributed by atoms with Crippen molar-refractivity contribution in [2.45, 2.75) is 6.92 Å². The van der Waals surface area contributed by atoms with Gasteiger partial charge in [-0.3, -0.25) is 19.3 Å². The van der Waals surface area contributed by atoms with Crippen molar-refractivity contribution < 1.29 is 14.4 Å². The van der Waals surface area contributed by atoms with Gasteiger partial charge in [0, 0.05) is 12.6 Å². The molecule has 1 aliphatic heterocycles. The van der Waals surface area contributed by atoms with Crippen molar-refractivity contribution >= 4 is 17.6 Å². The van der Waals surface area contributed by atoms with Gasteiger partial charge in [-0.05, 0) is 19.1 Å². The van der Waals surface area contributed by atoms with Crippen molar-refractivity contribution in [3.05, 3.63) is 34.9 Å². The first kappa shape index (κ1) is 9.58. The van der Waals surface area contributed by atoms with Gasteiger partial charge < -0.3 is 0 Å². The van der Waals surface area contributed by atoms with E-state index in [-0.39, 0.29) is 17.6 Å². The van der Waals surface area contributed by atoms with Crippen LogP contribution in [0.3, 0.4) is 0 Å². The molecule has 0 saturated carbocycles. The number of imide groups is 1. The van der Waals surface area contributed by atoms with Gasteiger partial charge in [0.15, 0.2) is 5.78 Å². The van der Waals surface area contributed by atoms with Crippen LogP contribution in [0.15, 0.2) is 18.2 Å². The monoisotopic (exact) mass is 203 g/mol. The number of fused-ring (bicyclic) bond motifs is 1. The van der Waals surface area contributed by atoms with E-state index >= 15 is 0 Å². The van der Waals surface area contributed by atoms with Gasteiger partial charge in [0.05, 0.1) is 11.1 Å². The molecule has 4 heteroatoms. The second-order valence-corrected chi connectivity index (χ2v) is 3.49. The lowest BCUT2D eigenvalue weighted by Crippen LogP contribution is -2.24. The zero-order chi connectivity index (χ0) is 11.2. The third kappa shape index (κ3) is 1.26. The molecular formula is C11H9NO3. The van der Waals surface area contributed by atoms with Gasteiger partial charge in [-0.1, -0.05) is 6.07 Å². The van der Waals surface area contributed by atoms with Crippen molar-refractivity contribution in [2.24, 2.45) is 0 Å². The normalized spacial score (nSPS) is 14.4. The van der Waals surface area contributed by atoms with Gasteiger partial charge in [0.25, 0.3) is 11.8 Å². The molecule has 2 rings (SSSR count). The molecule has 0 radical (unpaired) electrons. The Hall–Kier alpha value is -1.97. The Bertz CT molecular complexity index is 491. The van der Waals surface area contributed by atoms with Crippen LogP contribution in [0.25, 0.3) is 0 Å². The number of amides is 2. The fourth-order valence-electron chi connectivity index (χ4n) is 1.58. The summed E-state index contributed by atoms with van der Waals surface area (Å²) < 4.78 is 0. The van der Waals surface area contributed by atoms with Crippen molar-refractivity contribution in [3.8, 4) is 0 Å². The topological polar surface area (TPSA) is 54.5 Å². The highest BCUT2D eigenvalue weighted by molar-refractivity contribution is 6.21. The Morgan fingerprint density at radius 3 is 2.33 bits per heavy atom. The second kappa shape index (κ2) is 3.02. The van der Waals surface area contributed by atoms with E-state index in [1.807, 2.05) is 0 Å². The van der Waals surface area contributed by atoms with E-state index < -0.39 is 0 Å². The first-order valence-corrected chi connectivity index (χ1v) is 4.49. The van der Waals surface area contributed by atoms with Crippen LogP contribution in [0.2, 0.25) is 0 Å². The number of benzene rings is 1. The first-order valence-electron chi connectivity index (χ1n) is 4.49. The highest BCUT2D eigenvalue weighted by Gasteiger charge is 2.32. The van der Waals surface area contributed by atoms with Crippen LogP contribution in [0.4, 0.5) is 0 Å². The number of Topliss-reactive ketones (excluding diaryl/α,β-unsaturated/α-hetero) is 1. The largest absolute Gasteiger partial charge is 0.295 e. The average Bonchev–Trinajstić information content (AvgIpc) is 2.44. The molecule has 0 fully saturated rings. The Morgan fingerprint density at radius 2 is 1.73 bits per heavy atom. The molecule has 0 atom stereocenters. The van der Waals surface area contributed by atoms with E-state index in [9.17, 15) is 14.4 Å². The molecule has 0 aromatic heterocycles. The minimum atomic E-state index is -0.349. The van der Waals surface area contributed by atoms with Gasteiger partial charge in [-0.15, -0.1) is 0 Å². The Labute approximate surface area is 86.5 Å². The zero-order valence-corrected chi connectivity index (χ0v) is 8.40. The number of rotatable bonds is 1. The molecule has 76 valence electrons. The lowest BCUT2D eigenvalue weighted by Gasteiger charge is -2.02. The molecule has 0 N–H and O–H groups in total. The molecule has 0 saturated heterocycles. The van der Waals surface area contributed by atoms with Gasteiger partial charge in [-0.2, -0.15) is 0 Å². The van der Waals surface area contributed by atoms with Crippen molar-refractivity contribution in [1.82, 2.24) is 4.90 Å². The predicted octanol–water partition coefficient (Wildman–Crippen LogP) is 1.12. The van der Waals surface area contributed by atoms with E-state index in [1.165, 1.54) is 26.1 Å². The SMILES string of the molecule is CC(=O)c1ccc2c(c1)C(=O)N(C)C2=O. The summed E-state index contributed by atoms with van der Waals surface area (Å²) in [5.41, 5.74) is 1.13. The standard InChI is InChI=1S/C11H9NO3/c1-6(13)7-3-4-8-9(5-7)11(15)12(2)10(8)14/h3-5H,1-2H3. The van der Waals surface area contributed by atoms with Crippen molar-refractivity contribution in [1.29, 1.82) is 0 Å². The molecule has 1 aromatic carbocycles. The number of hydrogen-bond acceptors (Lipinski definition) is 3. The van der Waals surface area contributed by atoms with E-state index in [1.54, 1.807) is 6.07 Å². The number of nitrogens with zero attached hydrogens (tertiary/aromatic N) is 1. The molecule has 15 heavy (non-hydrogen) atoms. The number of carbonyl (C=O) groups excluding carboxylic acids is 3. The maximum atomic E-state index is 11.6. The van der Waals surface area contributed by atoms with Gasteiger partial charge in [0.2, 0.25) is 0 Å². The summed E-state index contributed by atoms with van der Waals surface area (Å²) in [7, 11) is 1.43.